The Morgan fingerprint density at radius 1 is 1.07 bits per heavy atom. The van der Waals surface area contributed by atoms with E-state index in [1.54, 1.807) is 12.4 Å². The molecule has 1 heterocycles. The molecule has 1 aromatic heterocycles. The van der Waals surface area contributed by atoms with Crippen LogP contribution in [-0.4, -0.2) is 30.2 Å². The first kappa shape index (κ1) is 18.7. The average molecular weight is 362 g/mol. The molecule has 2 aromatic carbocycles. The lowest BCUT2D eigenvalue weighted by molar-refractivity contribution is 0.0957. The number of carbonyl (C=O) groups excluding carboxylic acids is 1. The maximum absolute atomic E-state index is 12.3. The van der Waals surface area contributed by atoms with Gasteiger partial charge in [-0.25, -0.2) is 5.43 Å². The summed E-state index contributed by atoms with van der Waals surface area (Å²) in [4.78, 5) is 17.8. The van der Waals surface area contributed by atoms with Crippen molar-refractivity contribution < 1.29 is 4.79 Å². The minimum Gasteiger partial charge on any atom is -0.372 e. The summed E-state index contributed by atoms with van der Waals surface area (Å²) in [6.45, 7) is 6.50. The minimum absolute atomic E-state index is 0.225. The summed E-state index contributed by atoms with van der Waals surface area (Å²) >= 11 is 0. The van der Waals surface area contributed by atoms with E-state index in [9.17, 15) is 4.79 Å². The number of hydrogen-bond donors (Lipinski definition) is 2. The van der Waals surface area contributed by atoms with E-state index in [0.29, 0.717) is 5.56 Å². The van der Waals surface area contributed by atoms with Crippen molar-refractivity contribution in [3.05, 3.63) is 65.9 Å². The van der Waals surface area contributed by atoms with Crippen LogP contribution in [0, 0.1) is 0 Å². The monoisotopic (exact) mass is 362 g/mol. The van der Waals surface area contributed by atoms with E-state index in [-0.39, 0.29) is 5.91 Å². The number of carbonyl (C=O) groups is 1. The number of aromatic amines is 1. The molecule has 5 heteroatoms. The van der Waals surface area contributed by atoms with Gasteiger partial charge in [0, 0.05) is 35.9 Å². The second-order valence-corrected chi connectivity index (χ2v) is 6.53. The molecule has 0 aliphatic carbocycles. The molecule has 0 saturated carbocycles. The van der Waals surface area contributed by atoms with Crippen LogP contribution in [0.25, 0.3) is 10.9 Å². The van der Waals surface area contributed by atoms with E-state index in [0.717, 1.165) is 42.4 Å². The number of H-pyrrole nitrogens is 1. The molecule has 0 aliphatic rings. The van der Waals surface area contributed by atoms with E-state index in [4.69, 9.17) is 0 Å². The van der Waals surface area contributed by atoms with Crippen molar-refractivity contribution in [2.45, 2.75) is 26.7 Å². The van der Waals surface area contributed by atoms with Crippen molar-refractivity contribution in [2.75, 3.05) is 18.0 Å². The highest BCUT2D eigenvalue weighted by atomic mass is 16.2. The molecular formula is C22H26N4O. The standard InChI is InChI=1S/C22H26N4O/c1-3-13-26(14-4-2)18-11-9-17(10-12-18)15-24-25-22(27)20-16-23-21-8-6-5-7-19(20)21/h5-12,15-16,23H,3-4,13-14H2,1-2H3,(H,25,27). The number of hydrazone groups is 1. The van der Waals surface area contributed by atoms with Gasteiger partial charge in [0.2, 0.25) is 0 Å². The molecule has 3 rings (SSSR count). The van der Waals surface area contributed by atoms with Gasteiger partial charge in [-0.05, 0) is 36.6 Å². The summed E-state index contributed by atoms with van der Waals surface area (Å²) in [5.74, 6) is -0.225. The normalized spacial score (nSPS) is 11.2. The summed E-state index contributed by atoms with van der Waals surface area (Å²) < 4.78 is 0. The number of hydrogen-bond acceptors (Lipinski definition) is 3. The molecule has 0 aliphatic heterocycles. The molecule has 27 heavy (non-hydrogen) atoms. The maximum Gasteiger partial charge on any atom is 0.273 e. The van der Waals surface area contributed by atoms with E-state index in [1.807, 2.05) is 36.4 Å². The van der Waals surface area contributed by atoms with Crippen LogP contribution < -0.4 is 10.3 Å². The first-order chi connectivity index (χ1) is 13.2. The predicted octanol–water partition coefficient (Wildman–Crippen LogP) is 4.56. The van der Waals surface area contributed by atoms with Gasteiger partial charge in [0.15, 0.2) is 0 Å². The van der Waals surface area contributed by atoms with Crippen molar-refractivity contribution >= 4 is 28.7 Å². The number of amides is 1. The molecule has 140 valence electrons. The Morgan fingerprint density at radius 2 is 1.78 bits per heavy atom. The zero-order valence-corrected chi connectivity index (χ0v) is 15.9. The summed E-state index contributed by atoms with van der Waals surface area (Å²) in [7, 11) is 0. The Balaban J connectivity index is 1.63. The summed E-state index contributed by atoms with van der Waals surface area (Å²) in [5, 5.41) is 4.99. The number of nitrogens with one attached hydrogen (secondary N) is 2. The van der Waals surface area contributed by atoms with E-state index in [1.165, 1.54) is 5.69 Å². The third-order valence-corrected chi connectivity index (χ3v) is 4.46. The fourth-order valence-electron chi connectivity index (χ4n) is 3.17. The Kier molecular flexibility index (Phi) is 6.26. The number of fused-ring (bicyclic) bond motifs is 1. The van der Waals surface area contributed by atoms with Gasteiger partial charge < -0.3 is 9.88 Å². The third-order valence-electron chi connectivity index (χ3n) is 4.46. The van der Waals surface area contributed by atoms with Crippen molar-refractivity contribution in [3.8, 4) is 0 Å². The largest absolute Gasteiger partial charge is 0.372 e. The third kappa shape index (κ3) is 4.56. The van der Waals surface area contributed by atoms with E-state index in [2.05, 4.69) is 46.4 Å². The van der Waals surface area contributed by atoms with Crippen LogP contribution in [0.4, 0.5) is 5.69 Å². The van der Waals surface area contributed by atoms with Crippen molar-refractivity contribution in [3.63, 3.8) is 0 Å². The summed E-state index contributed by atoms with van der Waals surface area (Å²) in [6.07, 6.45) is 5.63. The topological polar surface area (TPSA) is 60.5 Å². The van der Waals surface area contributed by atoms with Gasteiger partial charge in [0.25, 0.3) is 5.91 Å². The van der Waals surface area contributed by atoms with Crippen LogP contribution in [0.2, 0.25) is 0 Å². The Hall–Kier alpha value is -3.08. The number of benzene rings is 2. The first-order valence-electron chi connectivity index (χ1n) is 9.47. The zero-order chi connectivity index (χ0) is 19.1. The molecule has 5 nitrogen and oxygen atoms in total. The molecule has 0 radical (unpaired) electrons. The van der Waals surface area contributed by atoms with Crippen LogP contribution in [0.1, 0.15) is 42.6 Å². The Labute approximate surface area is 160 Å². The molecule has 0 unspecified atom stereocenters. The van der Waals surface area contributed by atoms with Crippen LogP contribution in [0.3, 0.4) is 0 Å². The van der Waals surface area contributed by atoms with Gasteiger partial charge in [-0.15, -0.1) is 0 Å². The first-order valence-corrected chi connectivity index (χ1v) is 9.47. The Morgan fingerprint density at radius 3 is 2.48 bits per heavy atom. The predicted molar refractivity (Wildman–Crippen MR) is 113 cm³/mol. The molecule has 0 spiro atoms. The van der Waals surface area contributed by atoms with Gasteiger partial charge in [0.05, 0.1) is 11.8 Å². The lowest BCUT2D eigenvalue weighted by Crippen LogP contribution is -2.24. The fraction of sp³-hybridized carbons (Fsp3) is 0.273. The van der Waals surface area contributed by atoms with Gasteiger partial charge in [-0.1, -0.05) is 44.2 Å². The van der Waals surface area contributed by atoms with Crippen LogP contribution >= 0.6 is 0 Å². The molecule has 1 amide bonds. The van der Waals surface area contributed by atoms with Crippen molar-refractivity contribution in [1.82, 2.24) is 10.4 Å². The molecular weight excluding hydrogens is 336 g/mol. The lowest BCUT2D eigenvalue weighted by Gasteiger charge is -2.23. The average Bonchev–Trinajstić information content (AvgIpc) is 3.13. The van der Waals surface area contributed by atoms with Gasteiger partial charge in [-0.3, -0.25) is 4.79 Å². The van der Waals surface area contributed by atoms with Crippen LogP contribution in [0.5, 0.6) is 0 Å². The van der Waals surface area contributed by atoms with Crippen LogP contribution in [-0.2, 0) is 0 Å². The summed E-state index contributed by atoms with van der Waals surface area (Å²) in [6, 6.07) is 16.0. The van der Waals surface area contributed by atoms with Gasteiger partial charge in [0.1, 0.15) is 0 Å². The number of aromatic nitrogens is 1. The molecule has 3 aromatic rings. The van der Waals surface area contributed by atoms with Gasteiger partial charge in [-0.2, -0.15) is 5.10 Å². The van der Waals surface area contributed by atoms with Crippen molar-refractivity contribution in [1.29, 1.82) is 0 Å². The van der Waals surface area contributed by atoms with E-state index >= 15 is 0 Å². The molecule has 0 bridgehead atoms. The molecule has 0 atom stereocenters. The number of anilines is 1. The SMILES string of the molecule is CCCN(CCC)c1ccc(C=NNC(=O)c2c[nH]c3ccccc23)cc1. The minimum atomic E-state index is -0.225. The van der Waals surface area contributed by atoms with Crippen molar-refractivity contribution in [2.24, 2.45) is 5.10 Å². The lowest BCUT2D eigenvalue weighted by atomic mass is 10.2. The quantitative estimate of drug-likeness (QED) is 0.456. The van der Waals surface area contributed by atoms with E-state index < -0.39 is 0 Å². The Bertz CT molecular complexity index is 905. The maximum atomic E-state index is 12.3. The fourth-order valence-corrected chi connectivity index (χ4v) is 3.17. The molecule has 0 fully saturated rings. The zero-order valence-electron chi connectivity index (χ0n) is 15.9. The number of rotatable bonds is 8. The molecule has 2 N–H and O–H groups in total. The highest BCUT2D eigenvalue weighted by Crippen LogP contribution is 2.18. The number of nitrogens with zero attached hydrogens (tertiary/aromatic N) is 2. The highest BCUT2D eigenvalue weighted by molar-refractivity contribution is 6.06. The second-order valence-electron chi connectivity index (χ2n) is 6.53. The molecule has 0 saturated heterocycles. The second kappa shape index (κ2) is 9.03. The summed E-state index contributed by atoms with van der Waals surface area (Å²) in [5.41, 5.74) is 6.30. The van der Waals surface area contributed by atoms with Gasteiger partial charge >= 0.3 is 0 Å². The highest BCUT2D eigenvalue weighted by Gasteiger charge is 2.10. The smallest absolute Gasteiger partial charge is 0.273 e. The number of para-hydroxylation sites is 1. The van der Waals surface area contributed by atoms with Crippen LogP contribution in [0.15, 0.2) is 59.8 Å².